The zero-order chi connectivity index (χ0) is 20.7. The fourth-order valence-electron chi connectivity index (χ4n) is 2.49. The molecule has 2 aromatic carbocycles. The minimum Gasteiger partial charge on any atom is -0.497 e. The summed E-state index contributed by atoms with van der Waals surface area (Å²) < 4.78 is 5.07. The molecular formula is C19H23N4O5+. The van der Waals surface area contributed by atoms with Gasteiger partial charge in [0.2, 0.25) is 0 Å². The van der Waals surface area contributed by atoms with Crippen molar-refractivity contribution in [2.45, 2.75) is 13.0 Å². The van der Waals surface area contributed by atoms with Gasteiger partial charge in [0.25, 0.3) is 17.5 Å². The molecule has 0 fully saturated rings. The quantitative estimate of drug-likeness (QED) is 0.463. The first kappa shape index (κ1) is 20.8. The summed E-state index contributed by atoms with van der Waals surface area (Å²) >= 11 is 0. The van der Waals surface area contributed by atoms with Crippen molar-refractivity contribution in [2.75, 3.05) is 31.3 Å². The lowest BCUT2D eigenvalue weighted by molar-refractivity contribution is -0.885. The Morgan fingerprint density at radius 3 is 2.39 bits per heavy atom. The van der Waals surface area contributed by atoms with Crippen LogP contribution in [0.15, 0.2) is 48.5 Å². The Labute approximate surface area is 162 Å². The Balaban J connectivity index is 1.93. The molecule has 0 saturated heterocycles. The molecule has 2 rings (SSSR count). The number of likely N-dealkylation sites (N-methyl/N-ethyl adjacent to an activating group) is 1. The first-order valence-corrected chi connectivity index (χ1v) is 8.62. The van der Waals surface area contributed by atoms with Crippen molar-refractivity contribution < 1.29 is 24.1 Å². The Morgan fingerprint density at radius 2 is 1.79 bits per heavy atom. The van der Waals surface area contributed by atoms with E-state index in [-0.39, 0.29) is 23.8 Å². The standard InChI is InChI=1S/C19H22N4O5/c1-13(19(25)21-16-6-4-5-7-17(16)23(26)27)22(2)12-18(24)20-14-8-10-15(28-3)11-9-14/h4-11,13H,12H2,1-3H3,(H,20,24)(H,21,25)/p+1/t13-/m1/s1. The molecule has 0 saturated carbocycles. The summed E-state index contributed by atoms with van der Waals surface area (Å²) in [5.74, 6) is 0.0121. The molecule has 0 aliphatic heterocycles. The molecule has 2 atom stereocenters. The molecule has 0 spiro atoms. The van der Waals surface area contributed by atoms with Gasteiger partial charge in [-0.2, -0.15) is 0 Å². The van der Waals surface area contributed by atoms with Gasteiger partial charge in [-0.3, -0.25) is 19.7 Å². The number of benzene rings is 2. The van der Waals surface area contributed by atoms with E-state index in [1.807, 2.05) is 0 Å². The third kappa shape index (κ3) is 5.52. The maximum absolute atomic E-state index is 12.4. The van der Waals surface area contributed by atoms with Crippen molar-refractivity contribution in [3.8, 4) is 5.75 Å². The number of anilines is 2. The normalized spacial score (nSPS) is 12.5. The second-order valence-corrected chi connectivity index (χ2v) is 6.29. The van der Waals surface area contributed by atoms with Crippen LogP contribution in [-0.2, 0) is 9.59 Å². The average Bonchev–Trinajstić information content (AvgIpc) is 2.68. The highest BCUT2D eigenvalue weighted by Gasteiger charge is 2.26. The molecule has 0 radical (unpaired) electrons. The van der Waals surface area contributed by atoms with Crippen molar-refractivity contribution in [3.63, 3.8) is 0 Å². The molecule has 0 bridgehead atoms. The maximum Gasteiger partial charge on any atom is 0.292 e. The molecule has 2 aromatic rings. The van der Waals surface area contributed by atoms with Crippen molar-refractivity contribution in [1.82, 2.24) is 0 Å². The van der Waals surface area contributed by atoms with E-state index in [1.54, 1.807) is 51.4 Å². The lowest BCUT2D eigenvalue weighted by atomic mass is 10.2. The molecule has 1 unspecified atom stereocenters. The van der Waals surface area contributed by atoms with E-state index < -0.39 is 16.9 Å². The summed E-state index contributed by atoms with van der Waals surface area (Å²) in [5, 5.41) is 16.4. The van der Waals surface area contributed by atoms with Crippen molar-refractivity contribution in [3.05, 3.63) is 58.6 Å². The van der Waals surface area contributed by atoms with Gasteiger partial charge >= 0.3 is 0 Å². The Bertz CT molecular complexity index is 854. The molecule has 2 amide bonds. The fourth-order valence-corrected chi connectivity index (χ4v) is 2.49. The number of quaternary nitrogens is 1. The van der Waals surface area contributed by atoms with E-state index in [1.165, 1.54) is 18.2 Å². The maximum atomic E-state index is 12.4. The number of nitro benzene ring substituents is 1. The van der Waals surface area contributed by atoms with Crippen LogP contribution in [-0.4, -0.2) is 43.5 Å². The van der Waals surface area contributed by atoms with Gasteiger partial charge in [-0.05, 0) is 37.3 Å². The number of carbonyl (C=O) groups is 2. The van der Waals surface area contributed by atoms with Crippen LogP contribution in [0, 0.1) is 10.1 Å². The largest absolute Gasteiger partial charge is 0.497 e. The van der Waals surface area contributed by atoms with Crippen LogP contribution < -0.4 is 20.3 Å². The van der Waals surface area contributed by atoms with E-state index in [2.05, 4.69) is 10.6 Å². The third-order valence-electron chi connectivity index (χ3n) is 4.30. The average molecular weight is 387 g/mol. The Hall–Kier alpha value is -3.46. The molecule has 0 aromatic heterocycles. The van der Waals surface area contributed by atoms with Gasteiger partial charge in [0.05, 0.1) is 19.1 Å². The summed E-state index contributed by atoms with van der Waals surface area (Å²) in [4.78, 5) is 35.8. The van der Waals surface area contributed by atoms with E-state index in [0.717, 1.165) is 0 Å². The van der Waals surface area contributed by atoms with Crippen LogP contribution in [0.2, 0.25) is 0 Å². The second kappa shape index (κ2) is 9.47. The molecule has 0 aliphatic rings. The predicted molar refractivity (Wildman–Crippen MR) is 105 cm³/mol. The van der Waals surface area contributed by atoms with Crippen LogP contribution >= 0.6 is 0 Å². The van der Waals surface area contributed by atoms with Gasteiger partial charge in [-0.15, -0.1) is 0 Å². The SMILES string of the molecule is COc1ccc(NC(=O)C[NH+](C)[C@H](C)C(=O)Nc2ccccc2[N+](=O)[O-])cc1. The summed E-state index contributed by atoms with van der Waals surface area (Å²) in [6.45, 7) is 1.71. The van der Waals surface area contributed by atoms with Crippen LogP contribution in [0.4, 0.5) is 17.1 Å². The highest BCUT2D eigenvalue weighted by molar-refractivity contribution is 5.96. The summed E-state index contributed by atoms with van der Waals surface area (Å²) in [6.07, 6.45) is 0. The minimum absolute atomic E-state index is 0.0531. The monoisotopic (exact) mass is 387 g/mol. The molecule has 9 heteroatoms. The highest BCUT2D eigenvalue weighted by atomic mass is 16.6. The number of hydrogen-bond acceptors (Lipinski definition) is 5. The minimum atomic E-state index is -0.596. The molecule has 28 heavy (non-hydrogen) atoms. The smallest absolute Gasteiger partial charge is 0.292 e. The number of hydrogen-bond donors (Lipinski definition) is 3. The van der Waals surface area contributed by atoms with Gasteiger partial charge < -0.3 is 20.3 Å². The van der Waals surface area contributed by atoms with Gasteiger partial charge in [-0.25, -0.2) is 0 Å². The van der Waals surface area contributed by atoms with Crippen molar-refractivity contribution >= 4 is 28.9 Å². The zero-order valence-corrected chi connectivity index (χ0v) is 15.9. The number of nitrogens with one attached hydrogen (secondary N) is 3. The zero-order valence-electron chi connectivity index (χ0n) is 15.9. The number of nitro groups is 1. The highest BCUT2D eigenvalue weighted by Crippen LogP contribution is 2.23. The van der Waals surface area contributed by atoms with Gasteiger partial charge in [0.1, 0.15) is 11.4 Å². The van der Waals surface area contributed by atoms with Crippen LogP contribution in [0.5, 0.6) is 5.75 Å². The number of para-hydroxylation sites is 2. The number of methoxy groups -OCH3 is 1. The van der Waals surface area contributed by atoms with Gasteiger partial charge in [-0.1, -0.05) is 12.1 Å². The number of rotatable bonds is 8. The first-order chi connectivity index (χ1) is 13.3. The molecule has 0 heterocycles. The fraction of sp³-hybridized carbons (Fsp3) is 0.263. The summed E-state index contributed by atoms with van der Waals surface area (Å²) in [6, 6.07) is 12.2. The third-order valence-corrected chi connectivity index (χ3v) is 4.30. The van der Waals surface area contributed by atoms with Gasteiger partial charge in [0.15, 0.2) is 12.6 Å². The van der Waals surface area contributed by atoms with E-state index in [9.17, 15) is 19.7 Å². The predicted octanol–water partition coefficient (Wildman–Crippen LogP) is 1.08. The number of amides is 2. The van der Waals surface area contributed by atoms with Crippen molar-refractivity contribution in [1.29, 1.82) is 0 Å². The molecule has 3 N–H and O–H groups in total. The summed E-state index contributed by atoms with van der Waals surface area (Å²) in [7, 11) is 3.26. The van der Waals surface area contributed by atoms with Crippen LogP contribution in [0.3, 0.4) is 0 Å². The number of carbonyl (C=O) groups excluding carboxylic acids is 2. The Morgan fingerprint density at radius 1 is 1.14 bits per heavy atom. The molecule has 0 aliphatic carbocycles. The molecular weight excluding hydrogens is 364 g/mol. The first-order valence-electron chi connectivity index (χ1n) is 8.62. The van der Waals surface area contributed by atoms with Crippen LogP contribution in [0.1, 0.15) is 6.92 Å². The van der Waals surface area contributed by atoms with E-state index in [0.29, 0.717) is 16.3 Å². The number of nitrogens with zero attached hydrogens (tertiary/aromatic N) is 1. The van der Waals surface area contributed by atoms with E-state index >= 15 is 0 Å². The number of ether oxygens (including phenoxy) is 1. The van der Waals surface area contributed by atoms with Gasteiger partial charge in [0, 0.05) is 11.8 Å². The molecule has 148 valence electrons. The topological polar surface area (TPSA) is 115 Å². The lowest BCUT2D eigenvalue weighted by Crippen LogP contribution is -3.14. The lowest BCUT2D eigenvalue weighted by Gasteiger charge is -2.20. The summed E-state index contributed by atoms with van der Waals surface area (Å²) in [5.41, 5.74) is 0.563. The molecule has 9 nitrogen and oxygen atoms in total. The van der Waals surface area contributed by atoms with Crippen LogP contribution in [0.25, 0.3) is 0 Å². The Kier molecular flexibility index (Phi) is 7.05. The van der Waals surface area contributed by atoms with E-state index in [4.69, 9.17) is 4.74 Å². The second-order valence-electron chi connectivity index (χ2n) is 6.29. The van der Waals surface area contributed by atoms with Crippen molar-refractivity contribution in [2.24, 2.45) is 0 Å².